The molecule has 1 atom stereocenters. The van der Waals surface area contributed by atoms with Crippen LogP contribution in [-0.2, 0) is 0 Å². The Morgan fingerprint density at radius 3 is 2.70 bits per heavy atom. The molecule has 0 spiro atoms. The zero-order valence-corrected chi connectivity index (χ0v) is 12.1. The van der Waals surface area contributed by atoms with Crippen LogP contribution in [0.3, 0.4) is 0 Å². The van der Waals surface area contributed by atoms with Gasteiger partial charge in [-0.2, -0.15) is 0 Å². The number of halogens is 1. The summed E-state index contributed by atoms with van der Waals surface area (Å²) < 4.78 is 0. The molecule has 1 amide bonds. The van der Waals surface area contributed by atoms with Crippen LogP contribution >= 0.6 is 11.6 Å². The predicted molar refractivity (Wildman–Crippen MR) is 80.6 cm³/mol. The number of amides is 1. The van der Waals surface area contributed by atoms with Gasteiger partial charge in [0.1, 0.15) is 5.82 Å². The molecule has 1 heterocycles. The molecule has 20 heavy (non-hydrogen) atoms. The second-order valence-electron chi connectivity index (χ2n) is 4.58. The summed E-state index contributed by atoms with van der Waals surface area (Å²) in [6.07, 6.45) is 1.52. The molecule has 5 heteroatoms. The number of nitrogens with two attached hydrogens (primary N) is 1. The molecule has 1 unspecified atom stereocenters. The Hall–Kier alpha value is -2.07. The molecule has 2 N–H and O–H groups in total. The zero-order chi connectivity index (χ0) is 14.7. The fourth-order valence-corrected chi connectivity index (χ4v) is 2.28. The standard InChI is InChI=1S/C15H16ClN3O/c1-10(12-5-3-4-6-13(12)16)19(2)15(20)11-7-8-18-14(17)9-11/h3-10H,1-2H3,(H2,17,18). The summed E-state index contributed by atoms with van der Waals surface area (Å²) in [5.74, 6) is 0.209. The highest BCUT2D eigenvalue weighted by Gasteiger charge is 2.20. The van der Waals surface area contributed by atoms with Gasteiger partial charge in [-0.05, 0) is 30.7 Å². The lowest BCUT2D eigenvalue weighted by Crippen LogP contribution is -2.29. The Labute approximate surface area is 123 Å². The Kier molecular flexibility index (Phi) is 4.25. The van der Waals surface area contributed by atoms with E-state index in [4.69, 9.17) is 17.3 Å². The first-order valence-electron chi connectivity index (χ1n) is 6.24. The zero-order valence-electron chi connectivity index (χ0n) is 11.4. The van der Waals surface area contributed by atoms with Crippen molar-refractivity contribution in [1.82, 2.24) is 9.88 Å². The quantitative estimate of drug-likeness (QED) is 0.944. The van der Waals surface area contributed by atoms with E-state index in [1.54, 1.807) is 24.1 Å². The summed E-state index contributed by atoms with van der Waals surface area (Å²) in [4.78, 5) is 17.9. The number of nitrogens with zero attached hydrogens (tertiary/aromatic N) is 2. The van der Waals surface area contributed by atoms with E-state index in [2.05, 4.69) is 4.98 Å². The van der Waals surface area contributed by atoms with Gasteiger partial charge in [0.05, 0.1) is 6.04 Å². The molecule has 1 aromatic heterocycles. The van der Waals surface area contributed by atoms with Crippen molar-refractivity contribution in [2.75, 3.05) is 12.8 Å². The van der Waals surface area contributed by atoms with Gasteiger partial charge in [0, 0.05) is 23.8 Å². The summed E-state index contributed by atoms with van der Waals surface area (Å²) in [6, 6.07) is 10.6. The van der Waals surface area contributed by atoms with Crippen LogP contribution in [0.15, 0.2) is 42.6 Å². The van der Waals surface area contributed by atoms with E-state index in [0.29, 0.717) is 16.4 Å². The van der Waals surface area contributed by atoms with E-state index in [9.17, 15) is 4.79 Å². The third kappa shape index (κ3) is 2.91. The molecule has 2 aromatic rings. The van der Waals surface area contributed by atoms with Crippen molar-refractivity contribution in [2.45, 2.75) is 13.0 Å². The van der Waals surface area contributed by atoms with Crippen LogP contribution < -0.4 is 5.73 Å². The van der Waals surface area contributed by atoms with E-state index in [1.807, 2.05) is 31.2 Å². The Morgan fingerprint density at radius 2 is 2.05 bits per heavy atom. The van der Waals surface area contributed by atoms with Crippen molar-refractivity contribution in [3.63, 3.8) is 0 Å². The average molecular weight is 290 g/mol. The minimum Gasteiger partial charge on any atom is -0.384 e. The van der Waals surface area contributed by atoms with Gasteiger partial charge in [-0.1, -0.05) is 29.8 Å². The van der Waals surface area contributed by atoms with Crippen molar-refractivity contribution < 1.29 is 4.79 Å². The Morgan fingerprint density at radius 1 is 1.35 bits per heavy atom. The molecule has 0 aliphatic rings. The minimum absolute atomic E-state index is 0.119. The second kappa shape index (κ2) is 5.92. The smallest absolute Gasteiger partial charge is 0.254 e. The SMILES string of the molecule is CC(c1ccccc1Cl)N(C)C(=O)c1ccnc(N)c1. The van der Waals surface area contributed by atoms with Crippen LogP contribution in [0.4, 0.5) is 5.82 Å². The van der Waals surface area contributed by atoms with Gasteiger partial charge in [-0.15, -0.1) is 0 Å². The summed E-state index contributed by atoms with van der Waals surface area (Å²) in [7, 11) is 1.74. The number of hydrogen-bond acceptors (Lipinski definition) is 3. The van der Waals surface area contributed by atoms with Crippen molar-refractivity contribution in [3.8, 4) is 0 Å². The lowest BCUT2D eigenvalue weighted by Gasteiger charge is -2.26. The lowest BCUT2D eigenvalue weighted by atomic mass is 10.1. The van der Waals surface area contributed by atoms with Gasteiger partial charge < -0.3 is 10.6 Å². The number of rotatable bonds is 3. The molecule has 0 radical (unpaired) electrons. The highest BCUT2D eigenvalue weighted by Crippen LogP contribution is 2.27. The van der Waals surface area contributed by atoms with Crippen LogP contribution in [0.2, 0.25) is 5.02 Å². The number of benzene rings is 1. The topological polar surface area (TPSA) is 59.2 Å². The molecule has 104 valence electrons. The van der Waals surface area contributed by atoms with Crippen molar-refractivity contribution in [2.24, 2.45) is 0 Å². The largest absolute Gasteiger partial charge is 0.384 e. The van der Waals surface area contributed by atoms with Gasteiger partial charge >= 0.3 is 0 Å². The highest BCUT2D eigenvalue weighted by molar-refractivity contribution is 6.31. The Bertz CT molecular complexity index is 630. The summed E-state index contributed by atoms with van der Waals surface area (Å²) in [6.45, 7) is 1.93. The first-order valence-corrected chi connectivity index (χ1v) is 6.61. The molecule has 0 saturated heterocycles. The first kappa shape index (κ1) is 14.3. The molecule has 0 aliphatic heterocycles. The average Bonchev–Trinajstić information content (AvgIpc) is 2.45. The molecule has 2 rings (SSSR count). The van der Waals surface area contributed by atoms with Crippen LogP contribution in [-0.4, -0.2) is 22.8 Å². The number of anilines is 1. The third-order valence-electron chi connectivity index (χ3n) is 3.28. The second-order valence-corrected chi connectivity index (χ2v) is 4.99. The molecule has 0 fully saturated rings. The summed E-state index contributed by atoms with van der Waals surface area (Å²) in [5, 5.41) is 0.647. The van der Waals surface area contributed by atoms with Gasteiger partial charge in [-0.25, -0.2) is 4.98 Å². The lowest BCUT2D eigenvalue weighted by molar-refractivity contribution is 0.0742. The van der Waals surface area contributed by atoms with Crippen molar-refractivity contribution >= 4 is 23.3 Å². The van der Waals surface area contributed by atoms with Gasteiger partial charge in [0.2, 0.25) is 0 Å². The predicted octanol–water partition coefficient (Wildman–Crippen LogP) is 3.15. The third-order valence-corrected chi connectivity index (χ3v) is 3.63. The maximum atomic E-state index is 12.4. The molecule has 0 aliphatic carbocycles. The maximum Gasteiger partial charge on any atom is 0.254 e. The van der Waals surface area contributed by atoms with Crippen LogP contribution in [0.5, 0.6) is 0 Å². The summed E-state index contributed by atoms with van der Waals surface area (Å²) >= 11 is 6.17. The number of nitrogen functional groups attached to an aromatic ring is 1. The normalized spacial score (nSPS) is 11.9. The van der Waals surface area contributed by atoms with E-state index >= 15 is 0 Å². The number of carbonyl (C=O) groups is 1. The Balaban J connectivity index is 2.25. The maximum absolute atomic E-state index is 12.4. The van der Waals surface area contributed by atoms with E-state index in [1.165, 1.54) is 6.20 Å². The fraction of sp³-hybridized carbons (Fsp3) is 0.200. The van der Waals surface area contributed by atoms with E-state index in [0.717, 1.165) is 5.56 Å². The number of hydrogen-bond donors (Lipinski definition) is 1. The molecule has 4 nitrogen and oxygen atoms in total. The minimum atomic E-state index is -0.134. The molecule has 0 saturated carbocycles. The van der Waals surface area contributed by atoms with Crippen LogP contribution in [0.1, 0.15) is 28.9 Å². The van der Waals surface area contributed by atoms with Crippen LogP contribution in [0.25, 0.3) is 0 Å². The number of carbonyl (C=O) groups excluding carboxylic acids is 1. The van der Waals surface area contributed by atoms with Gasteiger partial charge in [0.15, 0.2) is 0 Å². The van der Waals surface area contributed by atoms with Crippen molar-refractivity contribution in [1.29, 1.82) is 0 Å². The number of aromatic nitrogens is 1. The van der Waals surface area contributed by atoms with E-state index in [-0.39, 0.29) is 11.9 Å². The van der Waals surface area contributed by atoms with Crippen LogP contribution in [0, 0.1) is 0 Å². The summed E-state index contributed by atoms with van der Waals surface area (Å²) in [5.41, 5.74) is 7.03. The monoisotopic (exact) mass is 289 g/mol. The first-order chi connectivity index (χ1) is 9.50. The molecule has 1 aromatic carbocycles. The van der Waals surface area contributed by atoms with Crippen molar-refractivity contribution in [3.05, 3.63) is 58.7 Å². The molecular weight excluding hydrogens is 274 g/mol. The highest BCUT2D eigenvalue weighted by atomic mass is 35.5. The van der Waals surface area contributed by atoms with Gasteiger partial charge in [-0.3, -0.25) is 4.79 Å². The molecule has 0 bridgehead atoms. The van der Waals surface area contributed by atoms with E-state index < -0.39 is 0 Å². The number of pyridine rings is 1. The fourth-order valence-electron chi connectivity index (χ4n) is 1.98. The molecular formula is C15H16ClN3O. The van der Waals surface area contributed by atoms with Gasteiger partial charge in [0.25, 0.3) is 5.91 Å².